The van der Waals surface area contributed by atoms with E-state index in [9.17, 15) is 9.59 Å². The first-order chi connectivity index (χ1) is 9.85. The summed E-state index contributed by atoms with van der Waals surface area (Å²) in [7, 11) is 1.58. The highest BCUT2D eigenvalue weighted by molar-refractivity contribution is 5.94. The standard InChI is InChI=1S/C15H22N2O4/c1-9(2)13(8-21-4)17-15(20)16-11-6-5-10(3)12(7-11)14(18)19/h5-7,9,13H,8H2,1-4H3,(H,18,19)(H2,16,17,20). The Hall–Kier alpha value is -2.08. The third kappa shape index (κ3) is 5.07. The molecule has 21 heavy (non-hydrogen) atoms. The Bertz CT molecular complexity index is 514. The van der Waals surface area contributed by atoms with Crippen LogP contribution in [-0.2, 0) is 4.74 Å². The summed E-state index contributed by atoms with van der Waals surface area (Å²) in [6, 6.07) is 4.28. The fourth-order valence-corrected chi connectivity index (χ4v) is 1.85. The van der Waals surface area contributed by atoms with Gasteiger partial charge in [-0.2, -0.15) is 0 Å². The van der Waals surface area contributed by atoms with Gasteiger partial charge in [0.15, 0.2) is 0 Å². The molecule has 1 unspecified atom stereocenters. The van der Waals surface area contributed by atoms with Crippen molar-refractivity contribution >= 4 is 17.7 Å². The average molecular weight is 294 g/mol. The van der Waals surface area contributed by atoms with Gasteiger partial charge in [-0.15, -0.1) is 0 Å². The van der Waals surface area contributed by atoms with Gasteiger partial charge in [-0.05, 0) is 30.5 Å². The van der Waals surface area contributed by atoms with E-state index in [1.165, 1.54) is 6.07 Å². The van der Waals surface area contributed by atoms with Gasteiger partial charge in [0.2, 0.25) is 0 Å². The number of aryl methyl sites for hydroxylation is 1. The highest BCUT2D eigenvalue weighted by atomic mass is 16.5. The van der Waals surface area contributed by atoms with Crippen LogP contribution in [0, 0.1) is 12.8 Å². The van der Waals surface area contributed by atoms with Gasteiger partial charge in [-0.1, -0.05) is 19.9 Å². The maximum atomic E-state index is 11.9. The first-order valence-corrected chi connectivity index (χ1v) is 6.75. The second-order valence-corrected chi connectivity index (χ2v) is 5.24. The van der Waals surface area contributed by atoms with Crippen LogP contribution in [0.2, 0.25) is 0 Å². The number of amides is 2. The average Bonchev–Trinajstić information content (AvgIpc) is 2.40. The molecule has 3 N–H and O–H groups in total. The molecule has 1 atom stereocenters. The van der Waals surface area contributed by atoms with Crippen molar-refractivity contribution in [2.24, 2.45) is 5.92 Å². The van der Waals surface area contributed by atoms with E-state index in [0.717, 1.165) is 0 Å². The van der Waals surface area contributed by atoms with E-state index in [2.05, 4.69) is 10.6 Å². The van der Waals surface area contributed by atoms with Gasteiger partial charge < -0.3 is 20.5 Å². The molecule has 116 valence electrons. The lowest BCUT2D eigenvalue weighted by Gasteiger charge is -2.21. The normalized spacial score (nSPS) is 12.0. The minimum absolute atomic E-state index is 0.112. The Morgan fingerprint density at radius 1 is 1.33 bits per heavy atom. The highest BCUT2D eigenvalue weighted by Gasteiger charge is 2.16. The minimum Gasteiger partial charge on any atom is -0.478 e. The van der Waals surface area contributed by atoms with Crippen LogP contribution in [0.3, 0.4) is 0 Å². The van der Waals surface area contributed by atoms with E-state index in [1.54, 1.807) is 26.2 Å². The van der Waals surface area contributed by atoms with Crippen molar-refractivity contribution in [2.45, 2.75) is 26.8 Å². The summed E-state index contributed by atoms with van der Waals surface area (Å²) >= 11 is 0. The quantitative estimate of drug-likeness (QED) is 0.752. The number of hydrogen-bond acceptors (Lipinski definition) is 3. The third-order valence-corrected chi connectivity index (χ3v) is 3.19. The Morgan fingerprint density at radius 3 is 2.52 bits per heavy atom. The summed E-state index contributed by atoms with van der Waals surface area (Å²) in [6.45, 7) is 6.09. The zero-order valence-electron chi connectivity index (χ0n) is 12.8. The van der Waals surface area contributed by atoms with Crippen LogP contribution >= 0.6 is 0 Å². The number of urea groups is 1. The van der Waals surface area contributed by atoms with E-state index in [-0.39, 0.29) is 23.6 Å². The van der Waals surface area contributed by atoms with Gasteiger partial charge in [0, 0.05) is 12.8 Å². The molecule has 0 aliphatic heterocycles. The second-order valence-electron chi connectivity index (χ2n) is 5.24. The molecule has 1 aromatic carbocycles. The predicted octanol–water partition coefficient (Wildman–Crippen LogP) is 2.49. The number of carbonyl (C=O) groups excluding carboxylic acids is 1. The number of anilines is 1. The molecule has 0 heterocycles. The molecule has 6 nitrogen and oxygen atoms in total. The van der Waals surface area contributed by atoms with Gasteiger partial charge in [0.05, 0.1) is 18.2 Å². The minimum atomic E-state index is -1.02. The summed E-state index contributed by atoms with van der Waals surface area (Å²) < 4.78 is 5.06. The third-order valence-electron chi connectivity index (χ3n) is 3.19. The van der Waals surface area contributed by atoms with Crippen LogP contribution in [0.4, 0.5) is 10.5 Å². The van der Waals surface area contributed by atoms with Crippen molar-refractivity contribution in [3.05, 3.63) is 29.3 Å². The maximum Gasteiger partial charge on any atom is 0.336 e. The first-order valence-electron chi connectivity index (χ1n) is 6.75. The molecule has 0 fully saturated rings. The summed E-state index contributed by atoms with van der Waals surface area (Å²) in [5.41, 5.74) is 1.26. The van der Waals surface area contributed by atoms with Crippen molar-refractivity contribution < 1.29 is 19.4 Å². The molecule has 0 aromatic heterocycles. The van der Waals surface area contributed by atoms with Crippen molar-refractivity contribution in [1.82, 2.24) is 5.32 Å². The molecule has 2 amide bonds. The molecular weight excluding hydrogens is 272 g/mol. The monoisotopic (exact) mass is 294 g/mol. The molecule has 1 rings (SSSR count). The van der Waals surface area contributed by atoms with Crippen LogP contribution in [0.5, 0.6) is 0 Å². The predicted molar refractivity (Wildman–Crippen MR) is 80.8 cm³/mol. The number of hydrogen-bond donors (Lipinski definition) is 3. The summed E-state index contributed by atoms with van der Waals surface area (Å²) in [4.78, 5) is 23.0. The van der Waals surface area contributed by atoms with Gasteiger partial charge in [0.25, 0.3) is 0 Å². The Labute approximate surface area is 124 Å². The lowest BCUT2D eigenvalue weighted by Crippen LogP contribution is -2.43. The summed E-state index contributed by atoms with van der Waals surface area (Å²) in [6.07, 6.45) is 0. The second kappa shape index (κ2) is 7.64. The number of aromatic carboxylic acids is 1. The fourth-order valence-electron chi connectivity index (χ4n) is 1.85. The largest absolute Gasteiger partial charge is 0.478 e. The molecule has 1 aromatic rings. The van der Waals surface area contributed by atoms with Gasteiger partial charge in [0.1, 0.15) is 0 Å². The topological polar surface area (TPSA) is 87.7 Å². The number of ether oxygens (including phenoxy) is 1. The number of carboxylic acids is 1. The number of methoxy groups -OCH3 is 1. The number of benzene rings is 1. The number of rotatable bonds is 6. The van der Waals surface area contributed by atoms with Crippen LogP contribution in [0.25, 0.3) is 0 Å². The van der Waals surface area contributed by atoms with E-state index < -0.39 is 5.97 Å². The number of carbonyl (C=O) groups is 2. The van der Waals surface area contributed by atoms with Gasteiger partial charge in [-0.25, -0.2) is 9.59 Å². The van der Waals surface area contributed by atoms with E-state index in [1.807, 2.05) is 13.8 Å². The molecule has 0 radical (unpaired) electrons. The van der Waals surface area contributed by atoms with E-state index >= 15 is 0 Å². The number of carboxylic acid groups (broad SMARTS) is 1. The van der Waals surface area contributed by atoms with Gasteiger partial charge in [-0.3, -0.25) is 0 Å². The Balaban J connectivity index is 2.74. The van der Waals surface area contributed by atoms with E-state index in [4.69, 9.17) is 9.84 Å². The highest BCUT2D eigenvalue weighted by Crippen LogP contribution is 2.15. The van der Waals surface area contributed by atoms with Crippen molar-refractivity contribution in [2.75, 3.05) is 19.0 Å². The summed E-state index contributed by atoms with van der Waals surface area (Å²) in [5.74, 6) is -0.792. The van der Waals surface area contributed by atoms with Crippen LogP contribution in [0.15, 0.2) is 18.2 Å². The zero-order chi connectivity index (χ0) is 16.0. The molecule has 6 heteroatoms. The van der Waals surface area contributed by atoms with Crippen molar-refractivity contribution in [3.8, 4) is 0 Å². The van der Waals surface area contributed by atoms with Gasteiger partial charge >= 0.3 is 12.0 Å². The maximum absolute atomic E-state index is 11.9. The lowest BCUT2D eigenvalue weighted by molar-refractivity contribution is 0.0696. The van der Waals surface area contributed by atoms with Crippen LogP contribution in [0.1, 0.15) is 29.8 Å². The molecule has 0 spiro atoms. The summed E-state index contributed by atoms with van der Waals surface area (Å²) in [5, 5.41) is 14.5. The molecule has 0 saturated heterocycles. The lowest BCUT2D eigenvalue weighted by atomic mass is 10.1. The molecule has 0 aliphatic rings. The fraction of sp³-hybridized carbons (Fsp3) is 0.467. The smallest absolute Gasteiger partial charge is 0.336 e. The first kappa shape index (κ1) is 17.0. The Kier molecular flexibility index (Phi) is 6.17. The van der Waals surface area contributed by atoms with Crippen molar-refractivity contribution in [3.63, 3.8) is 0 Å². The molecule has 0 saturated carbocycles. The molecular formula is C15H22N2O4. The van der Waals surface area contributed by atoms with E-state index in [0.29, 0.717) is 17.9 Å². The Morgan fingerprint density at radius 2 is 2.00 bits per heavy atom. The van der Waals surface area contributed by atoms with Crippen LogP contribution in [-0.4, -0.2) is 36.9 Å². The van der Waals surface area contributed by atoms with Crippen LogP contribution < -0.4 is 10.6 Å². The SMILES string of the molecule is COCC(NC(=O)Nc1ccc(C)c(C(=O)O)c1)C(C)C. The zero-order valence-corrected chi connectivity index (χ0v) is 12.8. The van der Waals surface area contributed by atoms with Crippen molar-refractivity contribution in [1.29, 1.82) is 0 Å². The molecule has 0 bridgehead atoms. The molecule has 0 aliphatic carbocycles. The number of nitrogens with one attached hydrogen (secondary N) is 2.